The zero-order valence-corrected chi connectivity index (χ0v) is 21.6. The highest BCUT2D eigenvalue weighted by Crippen LogP contribution is 2.25. The van der Waals surface area contributed by atoms with E-state index in [0.717, 1.165) is 30.8 Å². The van der Waals surface area contributed by atoms with Crippen molar-refractivity contribution in [2.45, 2.75) is 19.4 Å². The van der Waals surface area contributed by atoms with Crippen LogP contribution in [0.1, 0.15) is 28.4 Å². The number of amides is 2. The number of aliphatic imine (C=N–C) groups is 1. The predicted octanol–water partition coefficient (Wildman–Crippen LogP) is 2.31. The van der Waals surface area contributed by atoms with Crippen molar-refractivity contribution in [1.82, 2.24) is 20.4 Å². The number of carbonyl (C=O) groups is 2. The monoisotopic (exact) mass is 546 g/mol. The molecule has 38 heavy (non-hydrogen) atoms. The number of halogens is 3. The molecule has 2 aromatic rings. The van der Waals surface area contributed by atoms with Gasteiger partial charge in [-0.3, -0.25) is 25.2 Å². The second-order valence-electron chi connectivity index (χ2n) is 9.02. The minimum atomic E-state index is -1.55. The maximum atomic E-state index is 14.0. The van der Waals surface area contributed by atoms with E-state index >= 15 is 0 Å². The highest BCUT2D eigenvalue weighted by atomic mass is 35.5. The Morgan fingerprint density at radius 3 is 2.45 bits per heavy atom. The predicted molar refractivity (Wildman–Crippen MR) is 140 cm³/mol. The summed E-state index contributed by atoms with van der Waals surface area (Å²) in [7, 11) is 0. The summed E-state index contributed by atoms with van der Waals surface area (Å²) in [6, 6.07) is 8.81. The van der Waals surface area contributed by atoms with Gasteiger partial charge in [0.05, 0.1) is 23.5 Å². The molecule has 2 heterocycles. The lowest BCUT2D eigenvalue weighted by atomic mass is 10.1. The first-order valence-corrected chi connectivity index (χ1v) is 12.5. The highest BCUT2D eigenvalue weighted by Gasteiger charge is 2.27. The molecule has 202 valence electrons. The molecule has 2 aliphatic heterocycles. The molecule has 0 aromatic heterocycles. The van der Waals surface area contributed by atoms with Gasteiger partial charge in [-0.15, -0.1) is 0 Å². The van der Waals surface area contributed by atoms with Crippen LogP contribution in [0.2, 0.25) is 5.02 Å². The largest absolute Gasteiger partial charge is 0.351 e. The highest BCUT2D eigenvalue weighted by molar-refractivity contribution is 6.31. The molecule has 1 unspecified atom stereocenters. The number of hydrogen-bond acceptors (Lipinski definition) is 7. The smallest absolute Gasteiger partial charge is 0.251 e. The maximum Gasteiger partial charge on any atom is 0.251 e. The fraction of sp³-hybridized carbons (Fsp3) is 0.346. The molecule has 4 N–H and O–H groups in total. The number of ether oxygens (including phenoxy) is 1. The van der Waals surface area contributed by atoms with Gasteiger partial charge in [-0.05, 0) is 24.3 Å². The van der Waals surface area contributed by atoms with Gasteiger partial charge >= 0.3 is 0 Å². The Balaban J connectivity index is 1.25. The average molecular weight is 547 g/mol. The molecule has 4 rings (SSSR count). The van der Waals surface area contributed by atoms with E-state index in [2.05, 4.69) is 20.5 Å². The summed E-state index contributed by atoms with van der Waals surface area (Å²) in [6.45, 7) is 5.40. The summed E-state index contributed by atoms with van der Waals surface area (Å²) in [5, 5.41) is 5.40. The van der Waals surface area contributed by atoms with E-state index in [0.29, 0.717) is 37.4 Å². The molecule has 1 atom stereocenters. The quantitative estimate of drug-likeness (QED) is 0.346. The van der Waals surface area contributed by atoms with E-state index in [-0.39, 0.29) is 29.0 Å². The average Bonchev–Trinajstić information content (AvgIpc) is 2.91. The van der Waals surface area contributed by atoms with Gasteiger partial charge in [-0.2, -0.15) is 0 Å². The van der Waals surface area contributed by atoms with Crippen molar-refractivity contribution in [2.24, 2.45) is 10.7 Å². The zero-order chi connectivity index (χ0) is 27.3. The Morgan fingerprint density at radius 2 is 1.82 bits per heavy atom. The van der Waals surface area contributed by atoms with Crippen LogP contribution in [0.3, 0.4) is 0 Å². The fourth-order valence-corrected chi connectivity index (χ4v) is 4.27. The van der Waals surface area contributed by atoms with Gasteiger partial charge in [-0.1, -0.05) is 23.7 Å². The molecule has 0 aliphatic carbocycles. The van der Waals surface area contributed by atoms with E-state index in [1.165, 1.54) is 12.4 Å². The molecule has 0 radical (unpaired) electrons. The topological polar surface area (TPSA) is 112 Å². The van der Waals surface area contributed by atoms with Crippen LogP contribution in [0.25, 0.3) is 5.70 Å². The Labute approximate surface area is 224 Å². The fourth-order valence-electron chi connectivity index (χ4n) is 4.06. The Kier molecular flexibility index (Phi) is 8.72. The molecular formula is C26H29ClF2N6O3. The number of nitrogens with one attached hydrogen (secondary N) is 2. The van der Waals surface area contributed by atoms with Gasteiger partial charge < -0.3 is 20.3 Å². The second kappa shape index (κ2) is 12.0. The Hall–Kier alpha value is -3.38. The molecular weight excluding hydrogens is 518 g/mol. The van der Waals surface area contributed by atoms with Crippen LogP contribution >= 0.6 is 11.6 Å². The Bertz CT molecular complexity index is 1250. The van der Waals surface area contributed by atoms with E-state index in [9.17, 15) is 18.4 Å². The number of piperazine rings is 1. The molecule has 9 nitrogen and oxygen atoms in total. The summed E-state index contributed by atoms with van der Waals surface area (Å²) in [6.07, 6.45) is 2.84. The third-order valence-electron chi connectivity index (χ3n) is 6.40. The number of benzene rings is 2. The standard InChI is InChI=1S/C26H29ClF2N6O3/c1-17(36)35-12-10-34(11-13-35)9-8-31-25(37)19-4-2-18(3-5-19)23-14-33-26(30,16-32-23)38-15-20-21(28)6-7-22(29)24(20)27/h2-7,14,16,33H,8-13,15,30H2,1H3,(H,31,37). The van der Waals surface area contributed by atoms with E-state index < -0.39 is 17.5 Å². The van der Waals surface area contributed by atoms with Gasteiger partial charge in [-0.25, -0.2) is 8.78 Å². The van der Waals surface area contributed by atoms with Crippen LogP contribution in [0.15, 0.2) is 47.6 Å². The van der Waals surface area contributed by atoms with Crippen molar-refractivity contribution in [3.8, 4) is 0 Å². The first-order chi connectivity index (χ1) is 18.1. The van der Waals surface area contributed by atoms with Crippen molar-refractivity contribution in [3.63, 3.8) is 0 Å². The lowest BCUT2D eigenvalue weighted by Crippen LogP contribution is -2.56. The lowest BCUT2D eigenvalue weighted by molar-refractivity contribution is -0.130. The lowest BCUT2D eigenvalue weighted by Gasteiger charge is -2.34. The Morgan fingerprint density at radius 1 is 1.13 bits per heavy atom. The minimum absolute atomic E-state index is 0.0884. The van der Waals surface area contributed by atoms with Gasteiger partial charge in [0, 0.05) is 69.1 Å². The third kappa shape index (κ3) is 6.73. The van der Waals surface area contributed by atoms with Crippen molar-refractivity contribution in [2.75, 3.05) is 39.3 Å². The summed E-state index contributed by atoms with van der Waals surface area (Å²) < 4.78 is 33.1. The number of nitrogens with two attached hydrogens (primary N) is 1. The molecule has 0 saturated carbocycles. The van der Waals surface area contributed by atoms with Gasteiger partial charge in [0.15, 0.2) is 0 Å². The van der Waals surface area contributed by atoms with Gasteiger partial charge in [0.2, 0.25) is 11.8 Å². The zero-order valence-electron chi connectivity index (χ0n) is 20.8. The second-order valence-corrected chi connectivity index (χ2v) is 9.39. The van der Waals surface area contributed by atoms with Crippen molar-refractivity contribution < 1.29 is 23.1 Å². The van der Waals surface area contributed by atoms with E-state index in [1.807, 2.05) is 4.90 Å². The number of hydrogen-bond donors (Lipinski definition) is 3. The van der Waals surface area contributed by atoms with Crippen LogP contribution in [0.5, 0.6) is 0 Å². The minimum Gasteiger partial charge on any atom is -0.351 e. The summed E-state index contributed by atoms with van der Waals surface area (Å²) in [5.74, 6) is -3.11. The van der Waals surface area contributed by atoms with Crippen molar-refractivity contribution in [3.05, 3.63) is 75.9 Å². The van der Waals surface area contributed by atoms with E-state index in [1.54, 1.807) is 31.2 Å². The molecule has 2 aliphatic rings. The van der Waals surface area contributed by atoms with Crippen LogP contribution in [-0.4, -0.2) is 72.9 Å². The van der Waals surface area contributed by atoms with Crippen LogP contribution in [0, 0.1) is 11.6 Å². The normalized spacial score (nSPS) is 19.6. The number of rotatable bonds is 8. The molecule has 2 aromatic carbocycles. The molecule has 2 amide bonds. The molecule has 1 fully saturated rings. The van der Waals surface area contributed by atoms with Crippen molar-refractivity contribution >= 4 is 35.3 Å². The van der Waals surface area contributed by atoms with Gasteiger partial charge in [0.1, 0.15) is 11.6 Å². The number of nitrogens with zero attached hydrogens (tertiary/aromatic N) is 3. The van der Waals surface area contributed by atoms with Gasteiger partial charge in [0.25, 0.3) is 5.91 Å². The van der Waals surface area contributed by atoms with Crippen LogP contribution in [-0.2, 0) is 16.1 Å². The molecule has 0 bridgehead atoms. The van der Waals surface area contributed by atoms with Crippen LogP contribution in [0.4, 0.5) is 8.78 Å². The molecule has 0 spiro atoms. The molecule has 12 heteroatoms. The van der Waals surface area contributed by atoms with Crippen molar-refractivity contribution in [1.29, 1.82) is 0 Å². The van der Waals surface area contributed by atoms with Crippen LogP contribution < -0.4 is 16.4 Å². The number of carbonyl (C=O) groups excluding carboxylic acids is 2. The summed E-state index contributed by atoms with van der Waals surface area (Å²) in [5.41, 5.74) is 7.74. The first kappa shape index (κ1) is 27.6. The summed E-state index contributed by atoms with van der Waals surface area (Å²) >= 11 is 5.83. The first-order valence-electron chi connectivity index (χ1n) is 12.1. The third-order valence-corrected chi connectivity index (χ3v) is 6.81. The summed E-state index contributed by atoms with van der Waals surface area (Å²) in [4.78, 5) is 32.3. The molecule has 1 saturated heterocycles. The maximum absolute atomic E-state index is 14.0. The van der Waals surface area contributed by atoms with E-state index in [4.69, 9.17) is 22.1 Å². The SMILES string of the molecule is CC(=O)N1CCN(CCNC(=O)c2ccc(C3=CNC(N)(OCc4c(F)ccc(F)c4Cl)C=N3)cc2)CC1.